The van der Waals surface area contributed by atoms with Crippen LogP contribution in [-0.2, 0) is 14.2 Å². The second-order valence-corrected chi connectivity index (χ2v) is 7.18. The summed E-state index contributed by atoms with van der Waals surface area (Å²) in [7, 11) is 4.10. The lowest BCUT2D eigenvalue weighted by atomic mass is 10.1. The average Bonchev–Trinajstić information content (AvgIpc) is 2.60. The molecule has 25 heavy (non-hydrogen) atoms. The van der Waals surface area contributed by atoms with Crippen LogP contribution in [0.3, 0.4) is 0 Å². The zero-order valence-corrected chi connectivity index (χ0v) is 17.4. The number of rotatable bonds is 21. The highest BCUT2D eigenvalue weighted by molar-refractivity contribution is 4.48. The van der Waals surface area contributed by atoms with Gasteiger partial charge in [0.1, 0.15) is 0 Å². The maximum absolute atomic E-state index is 5.60. The highest BCUT2D eigenvalue weighted by Gasteiger charge is 1.95. The fourth-order valence-corrected chi connectivity index (χ4v) is 2.66. The summed E-state index contributed by atoms with van der Waals surface area (Å²) in [6.07, 6.45) is 15.1. The standard InChI is InChI=1S/C21H45NO3/c1-4-5-6-7-8-9-10-11-12-13-14-16-23-18-20-25-21-19-24-17-15-22(2)3/h4-21H2,1-3H3. The van der Waals surface area contributed by atoms with Crippen molar-refractivity contribution in [3.05, 3.63) is 0 Å². The lowest BCUT2D eigenvalue weighted by molar-refractivity contribution is 0.0117. The first-order valence-corrected chi connectivity index (χ1v) is 10.6. The summed E-state index contributed by atoms with van der Waals surface area (Å²) in [5.74, 6) is 0. The van der Waals surface area contributed by atoms with Crippen molar-refractivity contribution in [1.82, 2.24) is 4.90 Å². The van der Waals surface area contributed by atoms with Crippen molar-refractivity contribution in [2.24, 2.45) is 0 Å². The molecule has 0 spiro atoms. The van der Waals surface area contributed by atoms with E-state index in [0.29, 0.717) is 26.4 Å². The van der Waals surface area contributed by atoms with Gasteiger partial charge >= 0.3 is 0 Å². The van der Waals surface area contributed by atoms with Crippen LogP contribution in [0.1, 0.15) is 77.6 Å². The van der Waals surface area contributed by atoms with Crippen molar-refractivity contribution in [1.29, 1.82) is 0 Å². The van der Waals surface area contributed by atoms with Crippen LogP contribution in [-0.4, -0.2) is 65.2 Å². The zero-order valence-electron chi connectivity index (χ0n) is 17.4. The van der Waals surface area contributed by atoms with Crippen molar-refractivity contribution in [3.8, 4) is 0 Å². The first kappa shape index (κ1) is 24.8. The van der Waals surface area contributed by atoms with Gasteiger partial charge in [0, 0.05) is 13.2 Å². The van der Waals surface area contributed by atoms with Crippen LogP contribution in [0, 0.1) is 0 Å². The molecule has 0 amide bonds. The summed E-state index contributed by atoms with van der Waals surface area (Å²) in [5, 5.41) is 0. The van der Waals surface area contributed by atoms with Crippen LogP contribution in [0.15, 0.2) is 0 Å². The first-order valence-electron chi connectivity index (χ1n) is 10.6. The van der Waals surface area contributed by atoms with Gasteiger partial charge in [-0.3, -0.25) is 0 Å². The third-order valence-electron chi connectivity index (χ3n) is 4.32. The Balaban J connectivity index is 2.96. The third-order valence-corrected chi connectivity index (χ3v) is 4.32. The third kappa shape index (κ3) is 23.8. The minimum absolute atomic E-state index is 0.662. The monoisotopic (exact) mass is 359 g/mol. The molecular formula is C21H45NO3. The van der Waals surface area contributed by atoms with Gasteiger partial charge < -0.3 is 19.1 Å². The summed E-state index contributed by atoms with van der Waals surface area (Å²) < 4.78 is 16.5. The van der Waals surface area contributed by atoms with Crippen molar-refractivity contribution >= 4 is 0 Å². The van der Waals surface area contributed by atoms with Crippen molar-refractivity contribution in [2.75, 3.05) is 60.3 Å². The molecule has 0 saturated carbocycles. The molecular weight excluding hydrogens is 314 g/mol. The highest BCUT2D eigenvalue weighted by atomic mass is 16.5. The van der Waals surface area contributed by atoms with E-state index in [-0.39, 0.29) is 0 Å². The summed E-state index contributed by atoms with van der Waals surface area (Å²) >= 11 is 0. The number of hydrogen-bond acceptors (Lipinski definition) is 4. The molecule has 4 heteroatoms. The Morgan fingerprint density at radius 3 is 1.36 bits per heavy atom. The summed E-state index contributed by atoms with van der Waals surface area (Å²) in [5.41, 5.74) is 0. The lowest BCUT2D eigenvalue weighted by Gasteiger charge is -2.10. The van der Waals surface area contributed by atoms with Gasteiger partial charge in [-0.25, -0.2) is 0 Å². The molecule has 0 aromatic heterocycles. The molecule has 0 saturated heterocycles. The highest BCUT2D eigenvalue weighted by Crippen LogP contribution is 2.11. The van der Waals surface area contributed by atoms with Crippen LogP contribution in [0.25, 0.3) is 0 Å². The SMILES string of the molecule is CCCCCCCCCCCCCOCCOCCOCCN(C)C. The molecule has 0 unspecified atom stereocenters. The fourth-order valence-electron chi connectivity index (χ4n) is 2.66. The topological polar surface area (TPSA) is 30.9 Å². The minimum Gasteiger partial charge on any atom is -0.379 e. The smallest absolute Gasteiger partial charge is 0.0701 e. The molecule has 0 aliphatic rings. The molecule has 0 fully saturated rings. The molecule has 4 nitrogen and oxygen atoms in total. The van der Waals surface area contributed by atoms with Gasteiger partial charge in [0.15, 0.2) is 0 Å². The average molecular weight is 360 g/mol. The molecule has 0 aliphatic heterocycles. The number of nitrogens with zero attached hydrogens (tertiary/aromatic N) is 1. The van der Waals surface area contributed by atoms with Crippen LogP contribution in [0.4, 0.5) is 0 Å². The van der Waals surface area contributed by atoms with Gasteiger partial charge in [0.25, 0.3) is 0 Å². The Bertz CT molecular complexity index is 237. The second-order valence-electron chi connectivity index (χ2n) is 7.18. The molecule has 0 atom stereocenters. The minimum atomic E-state index is 0.662. The van der Waals surface area contributed by atoms with Gasteiger partial charge in [0.05, 0.1) is 33.0 Å². The van der Waals surface area contributed by atoms with Gasteiger partial charge in [-0.05, 0) is 20.5 Å². The van der Waals surface area contributed by atoms with Gasteiger partial charge in [-0.15, -0.1) is 0 Å². The Morgan fingerprint density at radius 2 is 0.880 bits per heavy atom. The Kier molecular flexibility index (Phi) is 21.7. The number of hydrogen-bond donors (Lipinski definition) is 0. The largest absolute Gasteiger partial charge is 0.379 e. The molecule has 0 aromatic rings. The van der Waals surface area contributed by atoms with E-state index >= 15 is 0 Å². The van der Waals surface area contributed by atoms with Crippen LogP contribution in [0.5, 0.6) is 0 Å². The summed E-state index contributed by atoms with van der Waals surface area (Å²) in [4.78, 5) is 2.11. The van der Waals surface area contributed by atoms with Crippen molar-refractivity contribution in [3.63, 3.8) is 0 Å². The summed E-state index contributed by atoms with van der Waals surface area (Å²) in [6, 6.07) is 0. The van der Waals surface area contributed by atoms with Gasteiger partial charge in [-0.2, -0.15) is 0 Å². The lowest BCUT2D eigenvalue weighted by Crippen LogP contribution is -2.19. The normalized spacial score (nSPS) is 11.5. The molecule has 0 aromatic carbocycles. The predicted molar refractivity (Wildman–Crippen MR) is 107 cm³/mol. The fraction of sp³-hybridized carbons (Fsp3) is 1.00. The molecule has 0 rings (SSSR count). The van der Waals surface area contributed by atoms with Crippen molar-refractivity contribution in [2.45, 2.75) is 77.6 Å². The Hall–Kier alpha value is -0.160. The quantitative estimate of drug-likeness (QED) is 0.273. The molecule has 0 bridgehead atoms. The Labute approximate surface area is 157 Å². The van der Waals surface area contributed by atoms with E-state index < -0.39 is 0 Å². The molecule has 0 radical (unpaired) electrons. The van der Waals surface area contributed by atoms with E-state index in [1.807, 2.05) is 14.1 Å². The van der Waals surface area contributed by atoms with Crippen molar-refractivity contribution < 1.29 is 14.2 Å². The van der Waals surface area contributed by atoms with Crippen LogP contribution >= 0.6 is 0 Å². The molecule has 0 N–H and O–H groups in total. The van der Waals surface area contributed by atoms with Crippen LogP contribution < -0.4 is 0 Å². The second kappa shape index (κ2) is 21.9. The maximum Gasteiger partial charge on any atom is 0.0701 e. The molecule has 152 valence electrons. The van der Waals surface area contributed by atoms with E-state index in [0.717, 1.165) is 19.8 Å². The van der Waals surface area contributed by atoms with E-state index in [4.69, 9.17) is 14.2 Å². The zero-order chi connectivity index (χ0) is 18.4. The molecule has 0 heterocycles. The van der Waals surface area contributed by atoms with Crippen LogP contribution in [0.2, 0.25) is 0 Å². The van der Waals surface area contributed by atoms with E-state index in [1.54, 1.807) is 0 Å². The van der Waals surface area contributed by atoms with E-state index in [9.17, 15) is 0 Å². The number of likely N-dealkylation sites (N-methyl/N-ethyl adjacent to an activating group) is 1. The molecule has 0 aliphatic carbocycles. The predicted octanol–water partition coefficient (Wildman–Crippen LogP) is 4.91. The number of ether oxygens (including phenoxy) is 3. The number of unbranched alkanes of at least 4 members (excludes halogenated alkanes) is 10. The summed E-state index contributed by atoms with van der Waals surface area (Å²) in [6.45, 7) is 7.60. The van der Waals surface area contributed by atoms with E-state index in [1.165, 1.54) is 70.6 Å². The van der Waals surface area contributed by atoms with E-state index in [2.05, 4.69) is 11.8 Å². The van der Waals surface area contributed by atoms with Gasteiger partial charge in [-0.1, -0.05) is 71.1 Å². The first-order chi connectivity index (χ1) is 12.3. The van der Waals surface area contributed by atoms with Gasteiger partial charge in [0.2, 0.25) is 0 Å². The Morgan fingerprint density at radius 1 is 0.480 bits per heavy atom. The maximum atomic E-state index is 5.60.